The topological polar surface area (TPSA) is 85.2 Å². The third kappa shape index (κ3) is 4.29. The van der Waals surface area contributed by atoms with Crippen LogP contribution >= 0.6 is 0 Å². The number of rotatable bonds is 6. The lowest BCUT2D eigenvalue weighted by Crippen LogP contribution is -2.46. The summed E-state index contributed by atoms with van der Waals surface area (Å²) < 4.78 is 0. The molecule has 0 radical (unpaired) electrons. The molecule has 28 heavy (non-hydrogen) atoms. The molecule has 7 nitrogen and oxygen atoms in total. The van der Waals surface area contributed by atoms with Crippen LogP contribution in [0.25, 0.3) is 0 Å². The lowest BCUT2D eigenvalue weighted by Gasteiger charge is -2.26. The number of nitriles is 1. The number of carbonyl (C=O) groups is 1. The van der Waals surface area contributed by atoms with Gasteiger partial charge in [0.1, 0.15) is 11.9 Å². The predicted molar refractivity (Wildman–Crippen MR) is 107 cm³/mol. The van der Waals surface area contributed by atoms with Crippen molar-refractivity contribution in [3.8, 4) is 6.07 Å². The summed E-state index contributed by atoms with van der Waals surface area (Å²) in [4.78, 5) is 25.0. The van der Waals surface area contributed by atoms with Crippen molar-refractivity contribution in [3.05, 3.63) is 53.0 Å². The Balaban J connectivity index is 1.66. The maximum atomic E-state index is 12.5. The highest BCUT2D eigenvalue weighted by molar-refractivity contribution is 5.81. The SMILES string of the molecule is CC(C)[C@H](C(=O)NCc1ccc2c(c1)CN(c1cncc(C#N)n1)C2)N(C)C. The second-order valence-electron chi connectivity index (χ2n) is 7.70. The fourth-order valence-electron chi connectivity index (χ4n) is 3.71. The van der Waals surface area contributed by atoms with E-state index >= 15 is 0 Å². The Labute approximate surface area is 166 Å². The van der Waals surface area contributed by atoms with Gasteiger partial charge in [-0.1, -0.05) is 32.0 Å². The molecule has 1 aliphatic rings. The molecular formula is C21H26N6O. The molecule has 146 valence electrons. The molecule has 0 fully saturated rings. The first-order chi connectivity index (χ1) is 13.4. The summed E-state index contributed by atoms with van der Waals surface area (Å²) in [6.07, 6.45) is 3.15. The van der Waals surface area contributed by atoms with E-state index in [2.05, 4.69) is 52.2 Å². The summed E-state index contributed by atoms with van der Waals surface area (Å²) in [7, 11) is 3.86. The Bertz CT molecular complexity index is 894. The van der Waals surface area contributed by atoms with Crippen LogP contribution in [0.1, 0.15) is 36.2 Å². The number of carbonyl (C=O) groups excluding carboxylic acids is 1. The molecule has 0 bridgehead atoms. The van der Waals surface area contributed by atoms with Crippen molar-refractivity contribution in [2.45, 2.75) is 39.5 Å². The molecule has 0 saturated heterocycles. The highest BCUT2D eigenvalue weighted by Gasteiger charge is 2.24. The molecule has 1 amide bonds. The van der Waals surface area contributed by atoms with E-state index in [4.69, 9.17) is 5.26 Å². The zero-order valence-electron chi connectivity index (χ0n) is 16.8. The van der Waals surface area contributed by atoms with Gasteiger partial charge in [-0.15, -0.1) is 0 Å². The number of anilines is 1. The molecule has 0 spiro atoms. The van der Waals surface area contributed by atoms with E-state index in [9.17, 15) is 4.79 Å². The summed E-state index contributed by atoms with van der Waals surface area (Å²) >= 11 is 0. The van der Waals surface area contributed by atoms with Crippen molar-refractivity contribution in [2.75, 3.05) is 19.0 Å². The number of nitrogens with zero attached hydrogens (tertiary/aromatic N) is 5. The first-order valence-corrected chi connectivity index (χ1v) is 9.41. The first kappa shape index (κ1) is 19.8. The number of benzene rings is 1. The lowest BCUT2D eigenvalue weighted by molar-refractivity contribution is -0.127. The monoisotopic (exact) mass is 378 g/mol. The number of nitrogens with one attached hydrogen (secondary N) is 1. The maximum absolute atomic E-state index is 12.5. The summed E-state index contributed by atoms with van der Waals surface area (Å²) in [6, 6.07) is 8.18. The normalized spacial score (nSPS) is 14.1. The van der Waals surface area contributed by atoms with Gasteiger partial charge in [0.2, 0.25) is 5.91 Å². The van der Waals surface area contributed by atoms with Crippen LogP contribution in [0.15, 0.2) is 30.6 Å². The van der Waals surface area contributed by atoms with Gasteiger partial charge in [0, 0.05) is 19.6 Å². The van der Waals surface area contributed by atoms with Crippen molar-refractivity contribution in [1.82, 2.24) is 20.2 Å². The first-order valence-electron chi connectivity index (χ1n) is 9.41. The predicted octanol–water partition coefficient (Wildman–Crippen LogP) is 2.07. The minimum absolute atomic E-state index is 0.0470. The Morgan fingerprint density at radius 2 is 2.04 bits per heavy atom. The van der Waals surface area contributed by atoms with Crippen LogP contribution < -0.4 is 10.2 Å². The minimum atomic E-state index is -0.143. The Kier molecular flexibility index (Phi) is 5.90. The van der Waals surface area contributed by atoms with Gasteiger partial charge in [-0.3, -0.25) is 14.7 Å². The van der Waals surface area contributed by atoms with Crippen LogP contribution in [-0.4, -0.2) is 40.9 Å². The molecule has 1 N–H and O–H groups in total. The Morgan fingerprint density at radius 3 is 2.71 bits per heavy atom. The number of likely N-dealkylation sites (N-methyl/N-ethyl adjacent to an activating group) is 1. The van der Waals surface area contributed by atoms with Crippen molar-refractivity contribution >= 4 is 11.7 Å². The molecule has 2 aromatic rings. The van der Waals surface area contributed by atoms with Crippen LogP contribution in [0.5, 0.6) is 0 Å². The standard InChI is InChI=1S/C21H26N6O/c1-14(2)20(26(3)4)21(28)24-9-15-5-6-16-12-27(13-17(16)7-15)19-11-23-10-18(8-22)25-19/h5-7,10-11,14,20H,9,12-13H2,1-4H3,(H,24,28)/t20-/m1/s1. The summed E-state index contributed by atoms with van der Waals surface area (Å²) in [5.74, 6) is 0.996. The molecule has 1 aliphatic heterocycles. The molecule has 1 atom stereocenters. The van der Waals surface area contributed by atoms with Crippen molar-refractivity contribution < 1.29 is 4.79 Å². The van der Waals surface area contributed by atoms with E-state index in [0.717, 1.165) is 12.1 Å². The lowest BCUT2D eigenvalue weighted by atomic mass is 10.0. The summed E-state index contributed by atoms with van der Waals surface area (Å²) in [5, 5.41) is 12.1. The fourth-order valence-corrected chi connectivity index (χ4v) is 3.71. The van der Waals surface area contributed by atoms with Crippen molar-refractivity contribution in [3.63, 3.8) is 0 Å². The van der Waals surface area contributed by atoms with Gasteiger partial charge in [-0.2, -0.15) is 5.26 Å². The quantitative estimate of drug-likeness (QED) is 0.828. The van der Waals surface area contributed by atoms with Gasteiger partial charge in [-0.25, -0.2) is 4.98 Å². The van der Waals surface area contributed by atoms with Gasteiger partial charge in [-0.05, 0) is 36.7 Å². The second-order valence-corrected chi connectivity index (χ2v) is 7.70. The maximum Gasteiger partial charge on any atom is 0.237 e. The third-order valence-electron chi connectivity index (χ3n) is 4.98. The van der Waals surface area contributed by atoms with Gasteiger partial charge in [0.05, 0.1) is 18.4 Å². The highest BCUT2D eigenvalue weighted by Crippen LogP contribution is 2.27. The molecular weight excluding hydrogens is 352 g/mol. The highest BCUT2D eigenvalue weighted by atomic mass is 16.2. The molecule has 3 rings (SSSR count). The second kappa shape index (κ2) is 8.36. The van der Waals surface area contributed by atoms with E-state index < -0.39 is 0 Å². The van der Waals surface area contributed by atoms with Crippen molar-refractivity contribution in [2.24, 2.45) is 5.92 Å². The summed E-state index contributed by atoms with van der Waals surface area (Å²) in [6.45, 7) is 6.07. The molecule has 2 heterocycles. The van der Waals surface area contributed by atoms with E-state index in [-0.39, 0.29) is 17.9 Å². The van der Waals surface area contributed by atoms with Gasteiger partial charge in [0.25, 0.3) is 0 Å². The van der Waals surface area contributed by atoms with Gasteiger partial charge in [0.15, 0.2) is 5.69 Å². The molecule has 1 aromatic carbocycles. The summed E-state index contributed by atoms with van der Waals surface area (Å²) in [5.41, 5.74) is 3.83. The van der Waals surface area contributed by atoms with Gasteiger partial charge < -0.3 is 10.2 Å². The molecule has 0 aliphatic carbocycles. The van der Waals surface area contributed by atoms with E-state index in [1.165, 1.54) is 17.3 Å². The van der Waals surface area contributed by atoms with E-state index in [1.807, 2.05) is 25.1 Å². The zero-order chi connectivity index (χ0) is 20.3. The smallest absolute Gasteiger partial charge is 0.237 e. The van der Waals surface area contributed by atoms with E-state index in [0.29, 0.717) is 24.6 Å². The molecule has 7 heteroatoms. The average molecular weight is 378 g/mol. The average Bonchev–Trinajstić information content (AvgIpc) is 3.09. The van der Waals surface area contributed by atoms with Crippen LogP contribution in [-0.2, 0) is 24.4 Å². The largest absolute Gasteiger partial charge is 0.351 e. The molecule has 0 saturated carbocycles. The fraction of sp³-hybridized carbons (Fsp3) is 0.429. The number of amides is 1. The Morgan fingerprint density at radius 1 is 1.29 bits per heavy atom. The number of aromatic nitrogens is 2. The minimum Gasteiger partial charge on any atom is -0.351 e. The number of hydrogen-bond donors (Lipinski definition) is 1. The van der Waals surface area contributed by atoms with Crippen LogP contribution in [0.2, 0.25) is 0 Å². The Hall–Kier alpha value is -2.98. The molecule has 0 unspecified atom stereocenters. The van der Waals surface area contributed by atoms with Crippen LogP contribution in [0.3, 0.4) is 0 Å². The zero-order valence-corrected chi connectivity index (χ0v) is 16.8. The number of fused-ring (bicyclic) bond motifs is 1. The van der Waals surface area contributed by atoms with Crippen LogP contribution in [0.4, 0.5) is 5.82 Å². The van der Waals surface area contributed by atoms with Crippen molar-refractivity contribution in [1.29, 1.82) is 5.26 Å². The number of hydrogen-bond acceptors (Lipinski definition) is 6. The molecule has 1 aromatic heterocycles. The third-order valence-corrected chi connectivity index (χ3v) is 4.98. The van der Waals surface area contributed by atoms with E-state index in [1.54, 1.807) is 6.20 Å². The van der Waals surface area contributed by atoms with Gasteiger partial charge >= 0.3 is 0 Å². The van der Waals surface area contributed by atoms with Crippen LogP contribution in [0, 0.1) is 17.2 Å².